The van der Waals surface area contributed by atoms with Gasteiger partial charge in [0.15, 0.2) is 6.54 Å². The van der Waals surface area contributed by atoms with E-state index in [2.05, 4.69) is 5.32 Å². The topological polar surface area (TPSA) is 52.0 Å². The fourth-order valence-electron chi connectivity index (χ4n) is 2.84. The molecule has 5 nitrogen and oxygen atoms in total. The highest BCUT2D eigenvalue weighted by Gasteiger charge is 2.17. The van der Waals surface area contributed by atoms with Crippen molar-refractivity contribution in [3.63, 3.8) is 0 Å². The number of ether oxygens (including phenoxy) is 2. The molecule has 2 aromatic carbocycles. The fraction of sp³-hybridized carbons (Fsp3) is 0.350. The van der Waals surface area contributed by atoms with Gasteiger partial charge in [-0.25, -0.2) is 0 Å². The molecule has 26 heavy (non-hydrogen) atoms. The van der Waals surface area contributed by atoms with Crippen molar-refractivity contribution >= 4 is 17.5 Å². The Morgan fingerprint density at radius 1 is 1.15 bits per heavy atom. The Morgan fingerprint density at radius 3 is 2.46 bits per heavy atom. The van der Waals surface area contributed by atoms with E-state index in [1.165, 1.54) is 0 Å². The molecule has 6 heteroatoms. The largest absolute Gasteiger partial charge is 0.497 e. The Balaban J connectivity index is 1.95. The minimum Gasteiger partial charge on any atom is -0.497 e. The average molecular weight is 378 g/mol. The van der Waals surface area contributed by atoms with Gasteiger partial charge in [-0.05, 0) is 37.3 Å². The van der Waals surface area contributed by atoms with Crippen molar-refractivity contribution in [2.24, 2.45) is 0 Å². The summed E-state index contributed by atoms with van der Waals surface area (Å²) in [7, 11) is 5.22. The zero-order valence-corrected chi connectivity index (χ0v) is 16.4. The number of methoxy groups -OCH3 is 2. The molecule has 0 bridgehead atoms. The van der Waals surface area contributed by atoms with Gasteiger partial charge in [0.2, 0.25) is 0 Å². The van der Waals surface area contributed by atoms with Crippen LogP contribution in [0, 0.1) is 0 Å². The van der Waals surface area contributed by atoms with Crippen LogP contribution in [-0.2, 0) is 11.3 Å². The lowest BCUT2D eigenvalue weighted by Gasteiger charge is -2.20. The number of amides is 1. The summed E-state index contributed by atoms with van der Waals surface area (Å²) in [4.78, 5) is 13.5. The standard InChI is InChI=1S/C20H25ClN2O3/c1-14(18-11-17(25-3)9-10-19(18)26-4)22-20(24)13-23(2)12-15-5-7-16(21)8-6-15/h5-11,14H,12-13H2,1-4H3,(H,22,24)/p+1/t14-/m1/s1. The fourth-order valence-corrected chi connectivity index (χ4v) is 2.96. The Labute approximate surface area is 159 Å². The highest BCUT2D eigenvalue weighted by molar-refractivity contribution is 6.30. The van der Waals surface area contributed by atoms with Gasteiger partial charge in [0.1, 0.15) is 18.0 Å². The Kier molecular flexibility index (Phi) is 7.30. The number of halogens is 1. The highest BCUT2D eigenvalue weighted by Crippen LogP contribution is 2.29. The summed E-state index contributed by atoms with van der Waals surface area (Å²) in [6.45, 7) is 3.06. The molecule has 2 N–H and O–H groups in total. The summed E-state index contributed by atoms with van der Waals surface area (Å²) in [5, 5.41) is 3.74. The first kappa shape index (κ1) is 20.1. The molecule has 0 aliphatic rings. The minimum atomic E-state index is -0.184. The van der Waals surface area contributed by atoms with E-state index in [4.69, 9.17) is 21.1 Å². The SMILES string of the molecule is COc1ccc(OC)c([C@@H](C)NC(=O)C[NH+](C)Cc2ccc(Cl)cc2)c1. The summed E-state index contributed by atoms with van der Waals surface area (Å²) < 4.78 is 10.7. The third-order valence-corrected chi connectivity index (χ3v) is 4.41. The first-order valence-corrected chi connectivity index (χ1v) is 8.87. The molecule has 2 rings (SSSR count). The van der Waals surface area contributed by atoms with Crippen LogP contribution in [0.3, 0.4) is 0 Å². The lowest BCUT2D eigenvalue weighted by atomic mass is 10.1. The van der Waals surface area contributed by atoms with E-state index >= 15 is 0 Å². The monoisotopic (exact) mass is 377 g/mol. The van der Waals surface area contributed by atoms with Gasteiger partial charge >= 0.3 is 0 Å². The first-order valence-electron chi connectivity index (χ1n) is 8.50. The van der Waals surface area contributed by atoms with Crippen LogP contribution in [0.2, 0.25) is 5.02 Å². The van der Waals surface area contributed by atoms with E-state index < -0.39 is 0 Å². The predicted molar refractivity (Wildman–Crippen MR) is 103 cm³/mol. The number of quaternary nitrogens is 1. The highest BCUT2D eigenvalue weighted by atomic mass is 35.5. The van der Waals surface area contributed by atoms with Crippen molar-refractivity contribution in [3.8, 4) is 11.5 Å². The minimum absolute atomic E-state index is 0.0196. The second-order valence-electron chi connectivity index (χ2n) is 6.33. The van der Waals surface area contributed by atoms with Gasteiger partial charge in [-0.15, -0.1) is 0 Å². The van der Waals surface area contributed by atoms with E-state index in [1.807, 2.05) is 56.4 Å². The third-order valence-electron chi connectivity index (χ3n) is 4.16. The van der Waals surface area contributed by atoms with E-state index in [-0.39, 0.29) is 11.9 Å². The van der Waals surface area contributed by atoms with E-state index in [1.54, 1.807) is 14.2 Å². The van der Waals surface area contributed by atoms with Crippen LogP contribution in [-0.4, -0.2) is 33.7 Å². The van der Waals surface area contributed by atoms with E-state index in [9.17, 15) is 4.79 Å². The van der Waals surface area contributed by atoms with Gasteiger partial charge in [0.25, 0.3) is 5.91 Å². The molecule has 0 aromatic heterocycles. The summed E-state index contributed by atoms with van der Waals surface area (Å²) in [5.41, 5.74) is 2.03. The number of carbonyl (C=O) groups excluding carboxylic acids is 1. The Hall–Kier alpha value is -2.24. The molecule has 1 amide bonds. The molecule has 140 valence electrons. The Bertz CT molecular complexity index is 734. The number of nitrogens with one attached hydrogen (secondary N) is 2. The molecule has 0 saturated carbocycles. The van der Waals surface area contributed by atoms with Crippen molar-refractivity contribution in [2.75, 3.05) is 27.8 Å². The van der Waals surface area contributed by atoms with Crippen LogP contribution in [0.15, 0.2) is 42.5 Å². The van der Waals surface area contributed by atoms with Crippen molar-refractivity contribution in [2.45, 2.75) is 19.5 Å². The number of hydrogen-bond donors (Lipinski definition) is 2. The van der Waals surface area contributed by atoms with Crippen LogP contribution < -0.4 is 19.7 Å². The van der Waals surface area contributed by atoms with Crippen LogP contribution >= 0.6 is 11.6 Å². The van der Waals surface area contributed by atoms with Crippen LogP contribution in [0.1, 0.15) is 24.1 Å². The lowest BCUT2D eigenvalue weighted by molar-refractivity contribution is -0.885. The number of rotatable bonds is 8. The molecule has 1 unspecified atom stereocenters. The zero-order valence-electron chi connectivity index (χ0n) is 15.6. The van der Waals surface area contributed by atoms with Crippen molar-refractivity contribution in [1.29, 1.82) is 0 Å². The van der Waals surface area contributed by atoms with Crippen LogP contribution in [0.25, 0.3) is 0 Å². The van der Waals surface area contributed by atoms with Crippen molar-refractivity contribution < 1.29 is 19.2 Å². The van der Waals surface area contributed by atoms with Gasteiger partial charge in [0, 0.05) is 16.1 Å². The quantitative estimate of drug-likeness (QED) is 0.742. The maximum Gasteiger partial charge on any atom is 0.275 e. The van der Waals surface area contributed by atoms with Crippen molar-refractivity contribution in [3.05, 3.63) is 58.6 Å². The number of hydrogen-bond acceptors (Lipinski definition) is 3. The lowest BCUT2D eigenvalue weighted by Crippen LogP contribution is -3.08. The molecule has 0 aliphatic heterocycles. The van der Waals surface area contributed by atoms with Crippen LogP contribution in [0.4, 0.5) is 0 Å². The van der Waals surface area contributed by atoms with Gasteiger partial charge < -0.3 is 19.7 Å². The third kappa shape index (κ3) is 5.64. The molecule has 0 saturated heterocycles. The second-order valence-corrected chi connectivity index (χ2v) is 6.77. The van der Waals surface area contributed by atoms with Crippen LogP contribution in [0.5, 0.6) is 11.5 Å². The smallest absolute Gasteiger partial charge is 0.275 e. The van der Waals surface area contributed by atoms with Crippen molar-refractivity contribution in [1.82, 2.24) is 5.32 Å². The molecule has 2 atom stereocenters. The summed E-state index contributed by atoms with van der Waals surface area (Å²) in [5.74, 6) is 1.43. The summed E-state index contributed by atoms with van der Waals surface area (Å²) >= 11 is 5.90. The normalized spacial score (nSPS) is 13.0. The molecule has 0 radical (unpaired) electrons. The summed E-state index contributed by atoms with van der Waals surface area (Å²) in [6.07, 6.45) is 0. The Morgan fingerprint density at radius 2 is 1.85 bits per heavy atom. The first-order chi connectivity index (χ1) is 12.4. The molecular formula is C20H26ClN2O3+. The van der Waals surface area contributed by atoms with E-state index in [0.29, 0.717) is 11.6 Å². The maximum absolute atomic E-state index is 12.4. The summed E-state index contributed by atoms with van der Waals surface area (Å²) in [6, 6.07) is 13.1. The molecular weight excluding hydrogens is 352 g/mol. The number of likely N-dealkylation sites (N-methyl/N-ethyl adjacent to an activating group) is 1. The van der Waals surface area contributed by atoms with Gasteiger partial charge in [-0.3, -0.25) is 4.79 Å². The molecule has 0 heterocycles. The molecule has 0 spiro atoms. The molecule has 0 fully saturated rings. The molecule has 2 aromatic rings. The predicted octanol–water partition coefficient (Wildman–Crippen LogP) is 2.25. The molecule has 0 aliphatic carbocycles. The van der Waals surface area contributed by atoms with Gasteiger partial charge in [-0.1, -0.05) is 23.7 Å². The average Bonchev–Trinajstić information content (AvgIpc) is 2.62. The van der Waals surface area contributed by atoms with Gasteiger partial charge in [0.05, 0.1) is 27.3 Å². The van der Waals surface area contributed by atoms with Gasteiger partial charge in [-0.2, -0.15) is 0 Å². The zero-order chi connectivity index (χ0) is 19.1. The number of benzene rings is 2. The maximum atomic E-state index is 12.4. The number of carbonyl (C=O) groups is 1. The second kappa shape index (κ2) is 9.46. The van der Waals surface area contributed by atoms with E-state index in [0.717, 1.165) is 34.1 Å².